The highest BCUT2D eigenvalue weighted by Crippen LogP contribution is 2.20. The van der Waals surface area contributed by atoms with Crippen LogP contribution in [0.4, 0.5) is 0 Å². The fourth-order valence-corrected chi connectivity index (χ4v) is 3.12. The van der Waals surface area contributed by atoms with Gasteiger partial charge < -0.3 is 10.2 Å². The molecule has 1 aliphatic rings. The molecule has 0 radical (unpaired) electrons. The zero-order valence-electron chi connectivity index (χ0n) is 12.7. The van der Waals surface area contributed by atoms with Gasteiger partial charge in [-0.3, -0.25) is 4.79 Å². The normalized spacial score (nSPS) is 15.4. The summed E-state index contributed by atoms with van der Waals surface area (Å²) in [5, 5.41) is 3.98. The van der Waals surface area contributed by atoms with E-state index in [0.29, 0.717) is 16.6 Å². The summed E-state index contributed by atoms with van der Waals surface area (Å²) < 4.78 is 0. The smallest absolute Gasteiger partial charge is 0.254 e. The van der Waals surface area contributed by atoms with Gasteiger partial charge >= 0.3 is 0 Å². The van der Waals surface area contributed by atoms with Crippen molar-refractivity contribution in [3.8, 4) is 0 Å². The monoisotopic (exact) mass is 330 g/mol. The summed E-state index contributed by atoms with van der Waals surface area (Å²) in [6.45, 7) is 6.89. The van der Waals surface area contributed by atoms with Crippen molar-refractivity contribution in [3.05, 3.63) is 34.3 Å². The molecule has 1 fully saturated rings. The van der Waals surface area contributed by atoms with Crippen molar-refractivity contribution in [2.75, 3.05) is 19.6 Å². The quantitative estimate of drug-likeness (QED) is 0.913. The molecule has 118 valence electrons. The van der Waals surface area contributed by atoms with Crippen LogP contribution in [-0.4, -0.2) is 36.5 Å². The van der Waals surface area contributed by atoms with E-state index in [-0.39, 0.29) is 18.3 Å². The fourth-order valence-electron chi connectivity index (χ4n) is 2.83. The van der Waals surface area contributed by atoms with E-state index in [9.17, 15) is 4.79 Å². The third-order valence-electron chi connectivity index (χ3n) is 3.76. The zero-order chi connectivity index (χ0) is 14.5. The van der Waals surface area contributed by atoms with E-state index in [4.69, 9.17) is 11.6 Å². The molecule has 1 aliphatic heterocycles. The molecule has 3 nitrogen and oxygen atoms in total. The van der Waals surface area contributed by atoms with Gasteiger partial charge in [0.2, 0.25) is 0 Å². The van der Waals surface area contributed by atoms with Crippen LogP contribution >= 0.6 is 24.0 Å². The van der Waals surface area contributed by atoms with Crippen LogP contribution in [0.25, 0.3) is 0 Å². The predicted molar refractivity (Wildman–Crippen MR) is 90.7 cm³/mol. The van der Waals surface area contributed by atoms with Gasteiger partial charge in [0.25, 0.3) is 5.91 Å². The number of nitrogens with zero attached hydrogens (tertiary/aromatic N) is 1. The molecule has 1 N–H and O–H groups in total. The summed E-state index contributed by atoms with van der Waals surface area (Å²) in [6, 6.07) is 5.94. The third-order valence-corrected chi connectivity index (χ3v) is 3.98. The lowest BCUT2D eigenvalue weighted by molar-refractivity contribution is 0.0642. The van der Waals surface area contributed by atoms with Gasteiger partial charge in [-0.05, 0) is 63.0 Å². The van der Waals surface area contributed by atoms with Gasteiger partial charge in [0, 0.05) is 23.2 Å². The van der Waals surface area contributed by atoms with E-state index in [1.807, 2.05) is 24.0 Å². The summed E-state index contributed by atoms with van der Waals surface area (Å²) in [5.74, 6) is 0.115. The van der Waals surface area contributed by atoms with Crippen LogP contribution in [0.15, 0.2) is 18.2 Å². The first-order valence-corrected chi connectivity index (χ1v) is 7.78. The highest BCUT2D eigenvalue weighted by atomic mass is 35.5. The highest BCUT2D eigenvalue weighted by molar-refractivity contribution is 6.31. The molecule has 0 aliphatic carbocycles. The number of piperidine rings is 1. The topological polar surface area (TPSA) is 32.3 Å². The van der Waals surface area contributed by atoms with Gasteiger partial charge in [-0.2, -0.15) is 0 Å². The largest absolute Gasteiger partial charge is 0.336 e. The number of nitrogens with one attached hydrogen (secondary N) is 1. The van der Waals surface area contributed by atoms with Crippen LogP contribution in [0.3, 0.4) is 0 Å². The van der Waals surface area contributed by atoms with Crippen LogP contribution in [0.5, 0.6) is 0 Å². The molecule has 0 atom stereocenters. The molecular formula is C16H24Cl2N2O. The van der Waals surface area contributed by atoms with Crippen LogP contribution in [0.2, 0.25) is 5.02 Å². The SMILES string of the molecule is CCCN(C(=O)c1cc(C)cc(Cl)c1)C1CCNCC1.Cl. The Bertz CT molecular complexity index is 453. The van der Waals surface area contributed by atoms with E-state index in [0.717, 1.165) is 44.5 Å². The number of rotatable bonds is 4. The molecule has 1 amide bonds. The number of carbonyl (C=O) groups is 1. The van der Waals surface area contributed by atoms with Crippen molar-refractivity contribution < 1.29 is 4.79 Å². The summed E-state index contributed by atoms with van der Waals surface area (Å²) in [5.41, 5.74) is 1.74. The van der Waals surface area contributed by atoms with Crippen LogP contribution in [-0.2, 0) is 0 Å². The molecule has 0 bridgehead atoms. The second-order valence-electron chi connectivity index (χ2n) is 5.50. The Hall–Kier alpha value is -0.770. The number of hydrogen-bond donors (Lipinski definition) is 1. The maximum absolute atomic E-state index is 12.8. The van der Waals surface area contributed by atoms with Gasteiger partial charge in [0.05, 0.1) is 0 Å². The van der Waals surface area contributed by atoms with E-state index >= 15 is 0 Å². The molecule has 1 heterocycles. The molecule has 2 rings (SSSR count). The van der Waals surface area contributed by atoms with Crippen molar-refractivity contribution in [1.29, 1.82) is 0 Å². The minimum Gasteiger partial charge on any atom is -0.336 e. The van der Waals surface area contributed by atoms with Crippen molar-refractivity contribution in [1.82, 2.24) is 10.2 Å². The average Bonchev–Trinajstić information content (AvgIpc) is 2.44. The first-order chi connectivity index (χ1) is 9.61. The summed E-state index contributed by atoms with van der Waals surface area (Å²) in [7, 11) is 0. The molecule has 21 heavy (non-hydrogen) atoms. The lowest BCUT2D eigenvalue weighted by Gasteiger charge is -2.34. The van der Waals surface area contributed by atoms with Crippen molar-refractivity contribution in [3.63, 3.8) is 0 Å². The molecule has 0 aromatic heterocycles. The second-order valence-corrected chi connectivity index (χ2v) is 5.93. The van der Waals surface area contributed by atoms with Crippen molar-refractivity contribution in [2.45, 2.75) is 39.2 Å². The van der Waals surface area contributed by atoms with E-state index < -0.39 is 0 Å². The Labute approximate surface area is 138 Å². The Balaban J connectivity index is 0.00000220. The molecular weight excluding hydrogens is 307 g/mol. The van der Waals surface area contributed by atoms with Gasteiger partial charge in [0.1, 0.15) is 0 Å². The van der Waals surface area contributed by atoms with E-state index in [2.05, 4.69) is 12.2 Å². The Morgan fingerprint density at radius 1 is 1.33 bits per heavy atom. The maximum Gasteiger partial charge on any atom is 0.254 e. The molecule has 0 spiro atoms. The molecule has 5 heteroatoms. The Morgan fingerprint density at radius 3 is 2.57 bits per heavy atom. The Kier molecular flexibility index (Phi) is 7.50. The number of aryl methyl sites for hydroxylation is 1. The molecule has 0 unspecified atom stereocenters. The van der Waals surface area contributed by atoms with Crippen LogP contribution < -0.4 is 5.32 Å². The minimum atomic E-state index is 0. The van der Waals surface area contributed by atoms with E-state index in [1.54, 1.807) is 6.07 Å². The number of hydrogen-bond acceptors (Lipinski definition) is 2. The number of benzene rings is 1. The summed E-state index contributed by atoms with van der Waals surface area (Å²) >= 11 is 6.08. The van der Waals surface area contributed by atoms with Gasteiger partial charge in [0.15, 0.2) is 0 Å². The lowest BCUT2D eigenvalue weighted by Crippen LogP contribution is -2.46. The molecule has 1 aromatic carbocycles. The first kappa shape index (κ1) is 18.3. The summed E-state index contributed by atoms with van der Waals surface area (Å²) in [6.07, 6.45) is 3.05. The Morgan fingerprint density at radius 2 is 2.00 bits per heavy atom. The van der Waals surface area contributed by atoms with E-state index in [1.165, 1.54) is 0 Å². The molecule has 1 saturated heterocycles. The number of amides is 1. The maximum atomic E-state index is 12.8. The predicted octanol–water partition coefficient (Wildman–Crippen LogP) is 3.67. The first-order valence-electron chi connectivity index (χ1n) is 7.40. The average molecular weight is 331 g/mol. The van der Waals surface area contributed by atoms with Crippen LogP contribution in [0.1, 0.15) is 42.1 Å². The van der Waals surface area contributed by atoms with Gasteiger partial charge in [-0.15, -0.1) is 12.4 Å². The summed E-state index contributed by atoms with van der Waals surface area (Å²) in [4.78, 5) is 14.8. The van der Waals surface area contributed by atoms with Crippen molar-refractivity contribution in [2.24, 2.45) is 0 Å². The minimum absolute atomic E-state index is 0. The molecule has 1 aromatic rings. The number of halogens is 2. The lowest BCUT2D eigenvalue weighted by atomic mass is 10.0. The highest BCUT2D eigenvalue weighted by Gasteiger charge is 2.25. The third kappa shape index (κ3) is 4.87. The number of carbonyl (C=O) groups excluding carboxylic acids is 1. The van der Waals surface area contributed by atoms with Crippen molar-refractivity contribution >= 4 is 29.9 Å². The standard InChI is InChI=1S/C16H23ClN2O.ClH/c1-3-8-19(15-4-6-18-7-5-15)16(20)13-9-12(2)10-14(17)11-13;/h9-11,15,18H,3-8H2,1-2H3;1H. The van der Waals surface area contributed by atoms with Crippen LogP contribution in [0, 0.1) is 6.92 Å². The zero-order valence-corrected chi connectivity index (χ0v) is 14.3. The van der Waals surface area contributed by atoms with Gasteiger partial charge in [-0.1, -0.05) is 18.5 Å². The fraction of sp³-hybridized carbons (Fsp3) is 0.562. The second kappa shape index (κ2) is 8.62. The molecule has 0 saturated carbocycles. The van der Waals surface area contributed by atoms with Gasteiger partial charge in [-0.25, -0.2) is 0 Å².